The van der Waals surface area contributed by atoms with Crippen LogP contribution < -0.4 is 5.32 Å². The van der Waals surface area contributed by atoms with Crippen LogP contribution >= 0.6 is 0 Å². The summed E-state index contributed by atoms with van der Waals surface area (Å²) in [6, 6.07) is 5.06. The number of rotatable bonds is 8. The van der Waals surface area contributed by atoms with Crippen molar-refractivity contribution in [2.45, 2.75) is 65.5 Å². The van der Waals surface area contributed by atoms with Gasteiger partial charge in [0.2, 0.25) is 0 Å². The van der Waals surface area contributed by atoms with E-state index in [2.05, 4.69) is 48.1 Å². The van der Waals surface area contributed by atoms with E-state index in [0.717, 1.165) is 30.9 Å². The Labute approximate surface area is 130 Å². The molecule has 1 heterocycles. The second-order valence-corrected chi connectivity index (χ2v) is 6.63. The minimum Gasteiger partial charge on any atom is -0.370 e. The fourth-order valence-electron chi connectivity index (χ4n) is 3.20. The van der Waals surface area contributed by atoms with Gasteiger partial charge in [0.1, 0.15) is 5.82 Å². The van der Waals surface area contributed by atoms with E-state index >= 15 is 0 Å². The average molecular weight is 289 g/mol. The topological polar surface area (TPSA) is 28.2 Å². The van der Waals surface area contributed by atoms with Gasteiger partial charge in [0.25, 0.3) is 0 Å². The Balaban J connectivity index is 2.06. The van der Waals surface area contributed by atoms with Gasteiger partial charge in [0.05, 0.1) is 0 Å². The van der Waals surface area contributed by atoms with Gasteiger partial charge in [-0.1, -0.05) is 32.8 Å². The molecule has 1 aromatic heterocycles. The van der Waals surface area contributed by atoms with E-state index in [9.17, 15) is 0 Å². The van der Waals surface area contributed by atoms with E-state index in [1.165, 1.54) is 44.2 Å². The van der Waals surface area contributed by atoms with Gasteiger partial charge in [0, 0.05) is 30.9 Å². The van der Waals surface area contributed by atoms with E-state index in [1.807, 2.05) is 6.20 Å². The van der Waals surface area contributed by atoms with Gasteiger partial charge in [-0.2, -0.15) is 0 Å². The molecular weight excluding hydrogens is 258 g/mol. The lowest BCUT2D eigenvalue weighted by Gasteiger charge is -2.30. The molecule has 118 valence electrons. The third-order valence-electron chi connectivity index (χ3n) is 4.44. The second-order valence-electron chi connectivity index (χ2n) is 6.63. The van der Waals surface area contributed by atoms with Crippen molar-refractivity contribution in [2.75, 3.05) is 18.4 Å². The quantitative estimate of drug-likeness (QED) is 0.773. The average Bonchev–Trinajstić information content (AvgIpc) is 2.99. The number of nitrogens with one attached hydrogen (secondary N) is 1. The molecule has 0 saturated heterocycles. The molecule has 21 heavy (non-hydrogen) atoms. The maximum absolute atomic E-state index is 4.51. The molecule has 1 N–H and O–H groups in total. The van der Waals surface area contributed by atoms with E-state index < -0.39 is 0 Å². The molecule has 1 aliphatic carbocycles. The number of aromatic nitrogens is 1. The van der Waals surface area contributed by atoms with Crippen molar-refractivity contribution >= 4 is 5.82 Å². The molecule has 0 bridgehead atoms. The van der Waals surface area contributed by atoms with Gasteiger partial charge in [-0.25, -0.2) is 4.98 Å². The molecule has 1 fully saturated rings. The molecule has 3 nitrogen and oxygen atoms in total. The first-order chi connectivity index (χ1) is 10.2. The molecule has 0 unspecified atom stereocenters. The molecule has 1 saturated carbocycles. The second kappa shape index (κ2) is 8.38. The highest BCUT2D eigenvalue weighted by molar-refractivity contribution is 5.43. The third-order valence-corrected chi connectivity index (χ3v) is 4.44. The zero-order valence-electron chi connectivity index (χ0n) is 13.9. The van der Waals surface area contributed by atoms with Crippen LogP contribution in [0.15, 0.2) is 18.3 Å². The SMILES string of the molecule is CCNc1ncccc1CN(CCC(C)C)C1CCCC1. The molecule has 1 aromatic rings. The largest absolute Gasteiger partial charge is 0.370 e. The Morgan fingerprint density at radius 1 is 1.33 bits per heavy atom. The molecule has 0 atom stereocenters. The van der Waals surface area contributed by atoms with Crippen molar-refractivity contribution in [3.8, 4) is 0 Å². The van der Waals surface area contributed by atoms with Crippen molar-refractivity contribution in [1.29, 1.82) is 0 Å². The Morgan fingerprint density at radius 3 is 2.76 bits per heavy atom. The van der Waals surface area contributed by atoms with Crippen LogP contribution in [0, 0.1) is 5.92 Å². The molecule has 0 aromatic carbocycles. The summed E-state index contributed by atoms with van der Waals surface area (Å²) in [5.41, 5.74) is 1.34. The van der Waals surface area contributed by atoms with Crippen LogP contribution in [-0.4, -0.2) is 29.0 Å². The number of nitrogens with zero attached hydrogens (tertiary/aromatic N) is 2. The normalized spacial score (nSPS) is 16.0. The Kier molecular flexibility index (Phi) is 6.50. The molecule has 2 rings (SSSR count). The minimum absolute atomic E-state index is 0.774. The summed E-state index contributed by atoms with van der Waals surface area (Å²) in [6.07, 6.45) is 8.71. The van der Waals surface area contributed by atoms with E-state index in [4.69, 9.17) is 0 Å². The minimum atomic E-state index is 0.774. The number of hydrogen-bond acceptors (Lipinski definition) is 3. The van der Waals surface area contributed by atoms with E-state index in [-0.39, 0.29) is 0 Å². The molecule has 0 radical (unpaired) electrons. The first-order valence-electron chi connectivity index (χ1n) is 8.62. The lowest BCUT2D eigenvalue weighted by Crippen LogP contribution is -2.34. The van der Waals surface area contributed by atoms with Crippen molar-refractivity contribution < 1.29 is 0 Å². The standard InChI is InChI=1S/C18H31N3/c1-4-19-18-16(8-7-12-20-18)14-21(13-11-15(2)3)17-9-5-6-10-17/h7-8,12,15,17H,4-6,9-11,13-14H2,1-3H3,(H,19,20). The summed E-state index contributed by atoms with van der Waals surface area (Å²) >= 11 is 0. The van der Waals surface area contributed by atoms with Crippen molar-refractivity contribution in [3.05, 3.63) is 23.9 Å². The van der Waals surface area contributed by atoms with Gasteiger partial charge in [-0.15, -0.1) is 0 Å². The molecular formula is C18H31N3. The van der Waals surface area contributed by atoms with Crippen molar-refractivity contribution in [3.63, 3.8) is 0 Å². The smallest absolute Gasteiger partial charge is 0.130 e. The first kappa shape index (κ1) is 16.3. The zero-order valence-corrected chi connectivity index (χ0v) is 13.9. The zero-order chi connectivity index (χ0) is 15.1. The first-order valence-corrected chi connectivity index (χ1v) is 8.62. The predicted molar refractivity (Wildman–Crippen MR) is 90.5 cm³/mol. The van der Waals surface area contributed by atoms with Crippen LogP contribution in [0.25, 0.3) is 0 Å². The van der Waals surface area contributed by atoms with Gasteiger partial charge in [-0.3, -0.25) is 4.90 Å². The number of anilines is 1. The molecule has 0 spiro atoms. The van der Waals surface area contributed by atoms with Crippen LogP contribution in [0.4, 0.5) is 5.82 Å². The van der Waals surface area contributed by atoms with Crippen LogP contribution in [0.2, 0.25) is 0 Å². The lowest BCUT2D eigenvalue weighted by atomic mass is 10.1. The number of hydrogen-bond donors (Lipinski definition) is 1. The maximum Gasteiger partial charge on any atom is 0.130 e. The summed E-state index contributed by atoms with van der Waals surface area (Å²) in [4.78, 5) is 7.20. The fourth-order valence-corrected chi connectivity index (χ4v) is 3.20. The molecule has 1 aliphatic rings. The molecule has 0 amide bonds. The summed E-state index contributed by atoms with van der Waals surface area (Å²) in [5, 5.41) is 3.40. The van der Waals surface area contributed by atoms with Crippen LogP contribution in [-0.2, 0) is 6.54 Å². The Hall–Kier alpha value is -1.09. The summed E-state index contributed by atoms with van der Waals surface area (Å²) in [7, 11) is 0. The van der Waals surface area contributed by atoms with Crippen molar-refractivity contribution in [1.82, 2.24) is 9.88 Å². The van der Waals surface area contributed by atoms with Gasteiger partial charge in [-0.05, 0) is 44.7 Å². The van der Waals surface area contributed by atoms with Crippen LogP contribution in [0.1, 0.15) is 58.4 Å². The monoisotopic (exact) mass is 289 g/mol. The third kappa shape index (κ3) is 4.99. The maximum atomic E-state index is 4.51. The summed E-state index contributed by atoms with van der Waals surface area (Å²) in [6.45, 7) is 9.95. The highest BCUT2D eigenvalue weighted by Crippen LogP contribution is 2.26. The Morgan fingerprint density at radius 2 is 2.10 bits per heavy atom. The van der Waals surface area contributed by atoms with Gasteiger partial charge in [0.15, 0.2) is 0 Å². The van der Waals surface area contributed by atoms with Crippen LogP contribution in [0.5, 0.6) is 0 Å². The summed E-state index contributed by atoms with van der Waals surface area (Å²) < 4.78 is 0. The van der Waals surface area contributed by atoms with Crippen molar-refractivity contribution in [2.24, 2.45) is 5.92 Å². The highest BCUT2D eigenvalue weighted by Gasteiger charge is 2.23. The molecule has 3 heteroatoms. The van der Waals surface area contributed by atoms with Gasteiger partial charge >= 0.3 is 0 Å². The number of pyridine rings is 1. The van der Waals surface area contributed by atoms with E-state index in [1.54, 1.807) is 0 Å². The van der Waals surface area contributed by atoms with Gasteiger partial charge < -0.3 is 5.32 Å². The fraction of sp³-hybridized carbons (Fsp3) is 0.722. The lowest BCUT2D eigenvalue weighted by molar-refractivity contribution is 0.179. The van der Waals surface area contributed by atoms with Crippen LogP contribution in [0.3, 0.4) is 0 Å². The summed E-state index contributed by atoms with van der Waals surface area (Å²) in [5.74, 6) is 1.84. The molecule has 0 aliphatic heterocycles. The van der Waals surface area contributed by atoms with E-state index in [0.29, 0.717) is 0 Å². The highest BCUT2D eigenvalue weighted by atomic mass is 15.2. The predicted octanol–water partition coefficient (Wildman–Crippen LogP) is 4.30. The Bertz CT molecular complexity index is 411.